The van der Waals surface area contributed by atoms with Crippen LogP contribution in [0.2, 0.25) is 0 Å². The average molecular weight is 321 g/mol. The number of amides is 1. The number of anilines is 1. The standard InChI is InChI=1S/C20H23N3O/c1-22-8-10-23(11-9-22)20(24)16-6-7-19-18(13-16)12-15-4-2-3-5-17(15)14-21-19/h2-7,13,21H,8-12,14H2,1H3. The normalized spacial score (nSPS) is 17.5. The number of nitrogens with one attached hydrogen (secondary N) is 1. The van der Waals surface area contributed by atoms with E-state index in [4.69, 9.17) is 0 Å². The Kier molecular flexibility index (Phi) is 3.98. The van der Waals surface area contributed by atoms with Crippen molar-refractivity contribution in [2.75, 3.05) is 38.5 Å². The summed E-state index contributed by atoms with van der Waals surface area (Å²) in [7, 11) is 2.10. The Labute approximate surface area is 143 Å². The van der Waals surface area contributed by atoms with Gasteiger partial charge in [0.2, 0.25) is 0 Å². The highest BCUT2D eigenvalue weighted by atomic mass is 16.2. The number of carbonyl (C=O) groups is 1. The van der Waals surface area contributed by atoms with Gasteiger partial charge >= 0.3 is 0 Å². The van der Waals surface area contributed by atoms with Crippen molar-refractivity contribution in [2.24, 2.45) is 0 Å². The Morgan fingerprint density at radius 2 is 1.71 bits per heavy atom. The molecule has 24 heavy (non-hydrogen) atoms. The number of benzene rings is 2. The fraction of sp³-hybridized carbons (Fsp3) is 0.350. The summed E-state index contributed by atoms with van der Waals surface area (Å²) in [4.78, 5) is 17.0. The minimum atomic E-state index is 0.156. The van der Waals surface area contributed by atoms with Crippen molar-refractivity contribution in [1.29, 1.82) is 0 Å². The lowest BCUT2D eigenvalue weighted by Crippen LogP contribution is -2.47. The van der Waals surface area contributed by atoms with Gasteiger partial charge in [0.15, 0.2) is 0 Å². The second kappa shape index (κ2) is 6.29. The number of hydrogen-bond acceptors (Lipinski definition) is 3. The monoisotopic (exact) mass is 321 g/mol. The second-order valence-corrected chi connectivity index (χ2v) is 6.77. The summed E-state index contributed by atoms with van der Waals surface area (Å²) in [5.41, 5.74) is 5.83. The van der Waals surface area contributed by atoms with Gasteiger partial charge in [-0.1, -0.05) is 24.3 Å². The zero-order valence-electron chi connectivity index (χ0n) is 14.1. The van der Waals surface area contributed by atoms with E-state index in [1.54, 1.807) is 0 Å². The van der Waals surface area contributed by atoms with Crippen LogP contribution in [0.25, 0.3) is 0 Å². The third kappa shape index (κ3) is 2.89. The fourth-order valence-corrected chi connectivity index (χ4v) is 3.54. The van der Waals surface area contributed by atoms with Crippen molar-refractivity contribution < 1.29 is 4.79 Å². The molecule has 2 aliphatic rings. The van der Waals surface area contributed by atoms with E-state index in [9.17, 15) is 4.79 Å². The van der Waals surface area contributed by atoms with E-state index in [0.29, 0.717) is 0 Å². The van der Waals surface area contributed by atoms with Crippen molar-refractivity contribution in [1.82, 2.24) is 9.80 Å². The number of likely N-dealkylation sites (N-methyl/N-ethyl adjacent to an activating group) is 1. The van der Waals surface area contributed by atoms with E-state index >= 15 is 0 Å². The molecule has 0 saturated carbocycles. The lowest BCUT2D eigenvalue weighted by atomic mass is 9.99. The number of piperazine rings is 1. The molecule has 124 valence electrons. The molecule has 0 atom stereocenters. The van der Waals surface area contributed by atoms with E-state index in [0.717, 1.165) is 50.4 Å². The Morgan fingerprint density at radius 3 is 2.50 bits per heavy atom. The van der Waals surface area contributed by atoms with Crippen LogP contribution in [0, 0.1) is 0 Å². The molecule has 0 bridgehead atoms. The lowest BCUT2D eigenvalue weighted by Gasteiger charge is -2.32. The van der Waals surface area contributed by atoms with Crippen molar-refractivity contribution >= 4 is 11.6 Å². The predicted octanol–water partition coefficient (Wildman–Crippen LogP) is 2.59. The van der Waals surface area contributed by atoms with Gasteiger partial charge in [0.05, 0.1) is 0 Å². The molecule has 0 aliphatic carbocycles. The minimum Gasteiger partial charge on any atom is -0.381 e. The van der Waals surface area contributed by atoms with Gasteiger partial charge in [0, 0.05) is 44.0 Å². The molecular weight excluding hydrogens is 298 g/mol. The van der Waals surface area contributed by atoms with Crippen molar-refractivity contribution in [3.8, 4) is 0 Å². The van der Waals surface area contributed by atoms with Crippen molar-refractivity contribution in [3.05, 3.63) is 64.7 Å². The van der Waals surface area contributed by atoms with E-state index in [2.05, 4.69) is 53.7 Å². The van der Waals surface area contributed by atoms with Gasteiger partial charge in [0.1, 0.15) is 0 Å². The van der Waals surface area contributed by atoms with Crippen LogP contribution in [0.15, 0.2) is 42.5 Å². The third-order valence-electron chi connectivity index (χ3n) is 5.11. The molecule has 0 spiro atoms. The SMILES string of the molecule is CN1CCN(C(=O)c2ccc3c(c2)Cc2ccccc2CN3)CC1. The maximum atomic E-state index is 12.8. The molecule has 1 N–H and O–H groups in total. The Hall–Kier alpha value is -2.33. The molecule has 4 rings (SSSR count). The number of carbonyl (C=O) groups excluding carboxylic acids is 1. The Balaban J connectivity index is 1.60. The molecule has 4 heteroatoms. The lowest BCUT2D eigenvalue weighted by molar-refractivity contribution is 0.0664. The molecule has 1 saturated heterocycles. The molecule has 0 unspecified atom stereocenters. The molecule has 2 aromatic rings. The van der Waals surface area contributed by atoms with Gasteiger partial charge < -0.3 is 15.1 Å². The van der Waals surface area contributed by atoms with Crippen LogP contribution in [-0.2, 0) is 13.0 Å². The van der Waals surface area contributed by atoms with Crippen LogP contribution in [0.3, 0.4) is 0 Å². The summed E-state index contributed by atoms with van der Waals surface area (Å²) in [5, 5.41) is 3.50. The topological polar surface area (TPSA) is 35.6 Å². The van der Waals surface area contributed by atoms with Gasteiger partial charge in [-0.05, 0) is 48.4 Å². The molecule has 2 aromatic carbocycles. The van der Waals surface area contributed by atoms with Crippen LogP contribution in [-0.4, -0.2) is 48.9 Å². The summed E-state index contributed by atoms with van der Waals surface area (Å²) in [6.45, 7) is 4.37. The third-order valence-corrected chi connectivity index (χ3v) is 5.11. The minimum absolute atomic E-state index is 0.156. The van der Waals surface area contributed by atoms with E-state index in [1.165, 1.54) is 16.7 Å². The van der Waals surface area contributed by atoms with Crippen LogP contribution in [0.5, 0.6) is 0 Å². The highest BCUT2D eigenvalue weighted by Gasteiger charge is 2.21. The first kappa shape index (κ1) is 15.2. The van der Waals surface area contributed by atoms with Gasteiger partial charge in [-0.15, -0.1) is 0 Å². The zero-order chi connectivity index (χ0) is 16.5. The van der Waals surface area contributed by atoms with Crippen molar-refractivity contribution in [3.63, 3.8) is 0 Å². The van der Waals surface area contributed by atoms with Gasteiger partial charge in [-0.2, -0.15) is 0 Å². The first-order chi connectivity index (χ1) is 11.7. The zero-order valence-corrected chi connectivity index (χ0v) is 14.1. The summed E-state index contributed by atoms with van der Waals surface area (Å²) < 4.78 is 0. The quantitative estimate of drug-likeness (QED) is 0.877. The molecule has 2 aliphatic heterocycles. The predicted molar refractivity (Wildman–Crippen MR) is 96.4 cm³/mol. The molecule has 1 fully saturated rings. The number of fused-ring (bicyclic) bond motifs is 2. The number of rotatable bonds is 1. The van der Waals surface area contributed by atoms with Crippen LogP contribution < -0.4 is 5.32 Å². The largest absolute Gasteiger partial charge is 0.381 e. The average Bonchev–Trinajstić information content (AvgIpc) is 2.80. The fourth-order valence-electron chi connectivity index (χ4n) is 3.54. The first-order valence-corrected chi connectivity index (χ1v) is 8.62. The van der Waals surface area contributed by atoms with Crippen LogP contribution in [0.1, 0.15) is 27.0 Å². The van der Waals surface area contributed by atoms with Crippen LogP contribution in [0.4, 0.5) is 5.69 Å². The van der Waals surface area contributed by atoms with Crippen molar-refractivity contribution in [2.45, 2.75) is 13.0 Å². The Morgan fingerprint density at radius 1 is 0.958 bits per heavy atom. The summed E-state index contributed by atoms with van der Waals surface area (Å²) in [6, 6.07) is 14.6. The maximum Gasteiger partial charge on any atom is 0.253 e. The summed E-state index contributed by atoms with van der Waals surface area (Å²) in [5.74, 6) is 0.156. The maximum absolute atomic E-state index is 12.8. The number of hydrogen-bond donors (Lipinski definition) is 1. The summed E-state index contributed by atoms with van der Waals surface area (Å²) >= 11 is 0. The van der Waals surface area contributed by atoms with E-state index in [-0.39, 0.29) is 5.91 Å². The molecule has 0 radical (unpaired) electrons. The van der Waals surface area contributed by atoms with Crippen LogP contribution >= 0.6 is 0 Å². The summed E-state index contributed by atoms with van der Waals surface area (Å²) in [6.07, 6.45) is 0.877. The second-order valence-electron chi connectivity index (χ2n) is 6.77. The molecule has 4 nitrogen and oxygen atoms in total. The smallest absolute Gasteiger partial charge is 0.253 e. The van der Waals surface area contributed by atoms with Gasteiger partial charge in [-0.3, -0.25) is 4.79 Å². The molecule has 2 heterocycles. The Bertz CT molecular complexity index is 763. The van der Waals surface area contributed by atoms with Gasteiger partial charge in [-0.25, -0.2) is 0 Å². The molecule has 1 amide bonds. The molecule has 0 aromatic heterocycles. The highest BCUT2D eigenvalue weighted by Crippen LogP contribution is 2.27. The highest BCUT2D eigenvalue weighted by molar-refractivity contribution is 5.95. The first-order valence-electron chi connectivity index (χ1n) is 8.62. The number of nitrogens with zero attached hydrogens (tertiary/aromatic N) is 2. The van der Waals surface area contributed by atoms with Gasteiger partial charge in [0.25, 0.3) is 5.91 Å². The molecular formula is C20H23N3O. The van der Waals surface area contributed by atoms with E-state index < -0.39 is 0 Å². The van der Waals surface area contributed by atoms with E-state index in [1.807, 2.05) is 11.0 Å².